The van der Waals surface area contributed by atoms with Crippen molar-refractivity contribution >= 4 is 11.9 Å². The minimum Gasteiger partial charge on any atom is -0.465 e. The summed E-state index contributed by atoms with van der Waals surface area (Å²) in [7, 11) is 1.34. The van der Waals surface area contributed by atoms with E-state index in [0.717, 1.165) is 24.8 Å². The molecule has 1 amide bonds. The molecule has 2 aromatic carbocycles. The first kappa shape index (κ1) is 22.1. The number of methoxy groups -OCH3 is 1. The summed E-state index contributed by atoms with van der Waals surface area (Å²) >= 11 is 0. The lowest BCUT2D eigenvalue weighted by Gasteiger charge is -2.32. The van der Waals surface area contributed by atoms with E-state index < -0.39 is 0 Å². The normalized spacial score (nSPS) is 14.6. The summed E-state index contributed by atoms with van der Waals surface area (Å²) in [5, 5.41) is 12.5. The Kier molecular flexibility index (Phi) is 7.83. The molecule has 1 heterocycles. The Hall–Kier alpha value is -3.59. The Labute approximate surface area is 183 Å². The number of likely N-dealkylation sites (tertiary alicyclic amines) is 1. The molecule has 1 N–H and O–H groups in total. The van der Waals surface area contributed by atoms with Crippen LogP contribution in [0.1, 0.15) is 34.3 Å². The first-order valence-electron chi connectivity index (χ1n) is 10.4. The molecule has 0 radical (unpaired) electrons. The van der Waals surface area contributed by atoms with E-state index in [-0.39, 0.29) is 17.4 Å². The molecular weight excluding hydrogens is 390 g/mol. The van der Waals surface area contributed by atoms with Crippen molar-refractivity contribution in [3.05, 3.63) is 83.1 Å². The topological polar surface area (TPSA) is 82.4 Å². The first-order chi connectivity index (χ1) is 15.1. The van der Waals surface area contributed by atoms with Crippen molar-refractivity contribution in [2.75, 3.05) is 20.2 Å². The minimum atomic E-state index is -0.385. The highest BCUT2D eigenvalue weighted by Crippen LogP contribution is 2.22. The van der Waals surface area contributed by atoms with Crippen molar-refractivity contribution in [1.82, 2.24) is 10.2 Å². The molecular formula is C25H27N3O3. The molecule has 3 rings (SSSR count). The van der Waals surface area contributed by atoms with Gasteiger partial charge in [0.1, 0.15) is 11.6 Å². The van der Waals surface area contributed by atoms with E-state index in [1.54, 1.807) is 29.2 Å². The number of nitrogens with zero attached hydrogens (tertiary/aromatic N) is 2. The summed E-state index contributed by atoms with van der Waals surface area (Å²) in [6.45, 7) is 1.79. The summed E-state index contributed by atoms with van der Waals surface area (Å²) in [5.74, 6) is -0.0504. The predicted octanol–water partition coefficient (Wildman–Crippen LogP) is 3.45. The molecule has 1 fully saturated rings. The van der Waals surface area contributed by atoms with Crippen molar-refractivity contribution in [3.8, 4) is 6.07 Å². The van der Waals surface area contributed by atoms with Crippen LogP contribution in [-0.2, 0) is 22.5 Å². The highest BCUT2D eigenvalue weighted by Gasteiger charge is 2.25. The highest BCUT2D eigenvalue weighted by atomic mass is 16.5. The first-order valence-corrected chi connectivity index (χ1v) is 10.4. The summed E-state index contributed by atoms with van der Waals surface area (Å²) < 4.78 is 4.68. The average molecular weight is 418 g/mol. The molecule has 1 aliphatic heterocycles. The fraction of sp³-hybridized carbons (Fsp3) is 0.320. The van der Waals surface area contributed by atoms with Gasteiger partial charge in [-0.15, -0.1) is 0 Å². The number of nitrogens with one attached hydrogen (secondary N) is 1. The number of rotatable bonds is 7. The van der Waals surface area contributed by atoms with Crippen LogP contribution in [-0.4, -0.2) is 37.0 Å². The Bertz CT molecular complexity index is 954. The predicted molar refractivity (Wildman–Crippen MR) is 118 cm³/mol. The van der Waals surface area contributed by atoms with E-state index in [0.29, 0.717) is 31.1 Å². The van der Waals surface area contributed by atoms with Gasteiger partial charge in [-0.05, 0) is 48.4 Å². The van der Waals surface area contributed by atoms with Crippen LogP contribution < -0.4 is 5.32 Å². The number of hydrogen-bond acceptors (Lipinski definition) is 5. The van der Waals surface area contributed by atoms with Crippen LogP contribution >= 0.6 is 0 Å². The third-order valence-corrected chi connectivity index (χ3v) is 5.55. The smallest absolute Gasteiger partial charge is 0.337 e. The molecule has 160 valence electrons. The van der Waals surface area contributed by atoms with Crippen LogP contribution in [0.2, 0.25) is 0 Å². The fourth-order valence-electron chi connectivity index (χ4n) is 3.75. The zero-order chi connectivity index (χ0) is 22.1. The van der Waals surface area contributed by atoms with Crippen LogP contribution in [0.3, 0.4) is 0 Å². The van der Waals surface area contributed by atoms with E-state index in [1.165, 1.54) is 18.9 Å². The van der Waals surface area contributed by atoms with Crippen LogP contribution in [0.25, 0.3) is 0 Å². The van der Waals surface area contributed by atoms with Crippen LogP contribution in [0.5, 0.6) is 0 Å². The van der Waals surface area contributed by atoms with Crippen molar-refractivity contribution in [3.63, 3.8) is 0 Å². The van der Waals surface area contributed by atoms with Gasteiger partial charge in [-0.2, -0.15) is 5.26 Å². The summed E-state index contributed by atoms with van der Waals surface area (Å²) in [6, 6.07) is 19.4. The van der Waals surface area contributed by atoms with Gasteiger partial charge in [-0.25, -0.2) is 4.79 Å². The molecule has 0 spiro atoms. The molecule has 1 aliphatic rings. The monoisotopic (exact) mass is 417 g/mol. The number of ether oxygens (including phenoxy) is 1. The van der Waals surface area contributed by atoms with Gasteiger partial charge in [0.15, 0.2) is 0 Å². The molecule has 0 atom stereocenters. The SMILES string of the molecule is COC(=O)c1ccc(CN/C=C(/C#N)C(=O)N2CCC(Cc3ccccc3)CC2)cc1. The molecule has 2 aromatic rings. The third-order valence-electron chi connectivity index (χ3n) is 5.55. The molecule has 0 aromatic heterocycles. The van der Waals surface area contributed by atoms with Crippen molar-refractivity contribution in [2.45, 2.75) is 25.8 Å². The van der Waals surface area contributed by atoms with Crippen LogP contribution in [0, 0.1) is 17.2 Å². The standard InChI is InChI=1S/C25H27N3O3/c1-31-25(30)22-9-7-21(8-10-22)17-27-18-23(16-26)24(29)28-13-11-20(12-14-28)15-19-5-3-2-4-6-19/h2-10,18,20,27H,11-15,17H2,1H3/b23-18-. The number of nitriles is 1. The van der Waals surface area contributed by atoms with Gasteiger partial charge in [0.25, 0.3) is 5.91 Å². The maximum atomic E-state index is 12.7. The number of benzene rings is 2. The second-order valence-electron chi connectivity index (χ2n) is 7.66. The largest absolute Gasteiger partial charge is 0.465 e. The maximum absolute atomic E-state index is 12.7. The minimum absolute atomic E-state index is 0.104. The quantitative estimate of drug-likeness (QED) is 0.424. The maximum Gasteiger partial charge on any atom is 0.337 e. The zero-order valence-electron chi connectivity index (χ0n) is 17.7. The van der Waals surface area contributed by atoms with Gasteiger partial charge in [-0.3, -0.25) is 4.79 Å². The van der Waals surface area contributed by atoms with E-state index in [2.05, 4.69) is 34.3 Å². The molecule has 6 heteroatoms. The Morgan fingerprint density at radius 3 is 2.39 bits per heavy atom. The van der Waals surface area contributed by atoms with Crippen molar-refractivity contribution in [2.24, 2.45) is 5.92 Å². The van der Waals surface area contributed by atoms with E-state index in [4.69, 9.17) is 0 Å². The van der Waals surface area contributed by atoms with Gasteiger partial charge >= 0.3 is 5.97 Å². The summed E-state index contributed by atoms with van der Waals surface area (Å²) in [4.78, 5) is 26.0. The zero-order valence-corrected chi connectivity index (χ0v) is 17.7. The molecule has 31 heavy (non-hydrogen) atoms. The van der Waals surface area contributed by atoms with E-state index in [1.807, 2.05) is 12.1 Å². The Balaban J connectivity index is 1.49. The summed E-state index contributed by atoms with van der Waals surface area (Å²) in [6.07, 6.45) is 4.39. The Morgan fingerprint density at radius 1 is 1.10 bits per heavy atom. The van der Waals surface area contributed by atoms with Gasteiger partial charge in [0, 0.05) is 25.8 Å². The van der Waals surface area contributed by atoms with Crippen LogP contribution in [0.4, 0.5) is 0 Å². The van der Waals surface area contributed by atoms with Gasteiger partial charge in [0.2, 0.25) is 0 Å². The molecule has 0 bridgehead atoms. The van der Waals surface area contributed by atoms with Gasteiger partial charge in [-0.1, -0.05) is 42.5 Å². The van der Waals surface area contributed by atoms with Crippen molar-refractivity contribution < 1.29 is 14.3 Å². The molecule has 1 saturated heterocycles. The molecule has 0 saturated carbocycles. The number of esters is 1. The van der Waals surface area contributed by atoms with Crippen molar-refractivity contribution in [1.29, 1.82) is 5.26 Å². The fourth-order valence-corrected chi connectivity index (χ4v) is 3.75. The number of piperidine rings is 1. The third kappa shape index (κ3) is 6.19. The lowest BCUT2D eigenvalue weighted by Crippen LogP contribution is -2.39. The molecule has 0 aliphatic carbocycles. The number of amides is 1. The highest BCUT2D eigenvalue weighted by molar-refractivity contribution is 5.97. The molecule has 0 unspecified atom stereocenters. The van der Waals surface area contributed by atoms with E-state index >= 15 is 0 Å². The second kappa shape index (κ2) is 11.0. The summed E-state index contributed by atoms with van der Waals surface area (Å²) in [5.41, 5.74) is 2.84. The number of carbonyl (C=O) groups is 2. The lowest BCUT2D eigenvalue weighted by atomic mass is 9.90. The van der Waals surface area contributed by atoms with Gasteiger partial charge < -0.3 is 15.0 Å². The van der Waals surface area contributed by atoms with Crippen LogP contribution in [0.15, 0.2) is 66.4 Å². The van der Waals surface area contributed by atoms with E-state index in [9.17, 15) is 14.9 Å². The lowest BCUT2D eigenvalue weighted by molar-refractivity contribution is -0.128. The Morgan fingerprint density at radius 2 is 1.77 bits per heavy atom. The second-order valence-corrected chi connectivity index (χ2v) is 7.66. The molecule has 6 nitrogen and oxygen atoms in total. The number of hydrogen-bond donors (Lipinski definition) is 1. The number of carbonyl (C=O) groups excluding carboxylic acids is 2. The van der Waals surface area contributed by atoms with Gasteiger partial charge in [0.05, 0.1) is 12.7 Å². The average Bonchev–Trinajstić information content (AvgIpc) is 2.82.